The van der Waals surface area contributed by atoms with E-state index < -0.39 is 0 Å². The minimum Gasteiger partial charge on any atom is -0.484 e. The highest BCUT2D eigenvalue weighted by Crippen LogP contribution is 2.11. The fourth-order valence-corrected chi connectivity index (χ4v) is 1.56. The van der Waals surface area contributed by atoms with Crippen LogP contribution in [0.25, 0.3) is 0 Å². The van der Waals surface area contributed by atoms with Gasteiger partial charge < -0.3 is 14.4 Å². The molecule has 1 aliphatic rings. The van der Waals surface area contributed by atoms with Crippen LogP contribution in [0.2, 0.25) is 0 Å². The molecule has 0 aliphatic carbocycles. The lowest BCUT2D eigenvalue weighted by molar-refractivity contribution is -0.142. The summed E-state index contributed by atoms with van der Waals surface area (Å²) in [4.78, 5) is 13.3. The number of carbonyl (C=O) groups is 1. The second-order valence-electron chi connectivity index (χ2n) is 3.79. The quantitative estimate of drug-likeness (QED) is 0.800. The van der Waals surface area contributed by atoms with Gasteiger partial charge in [-0.05, 0) is 30.7 Å². The molecular formula is C12H14FNO3. The Kier molecular flexibility index (Phi) is 3.93. The molecule has 1 aliphatic heterocycles. The zero-order valence-electron chi connectivity index (χ0n) is 9.39. The van der Waals surface area contributed by atoms with E-state index in [1.54, 1.807) is 4.90 Å². The third-order valence-corrected chi connectivity index (χ3v) is 2.49. The molecule has 0 unspecified atom stereocenters. The van der Waals surface area contributed by atoms with Crippen molar-refractivity contribution in [1.29, 1.82) is 0 Å². The molecule has 17 heavy (non-hydrogen) atoms. The molecule has 0 spiro atoms. The summed E-state index contributed by atoms with van der Waals surface area (Å²) in [5.74, 6) is 0.0415. The van der Waals surface area contributed by atoms with Crippen LogP contribution in [0.3, 0.4) is 0 Å². The molecule has 1 aromatic carbocycles. The zero-order valence-corrected chi connectivity index (χ0v) is 9.39. The Bertz CT molecular complexity index is 374. The van der Waals surface area contributed by atoms with Crippen molar-refractivity contribution in [2.75, 3.05) is 26.5 Å². The van der Waals surface area contributed by atoms with Crippen LogP contribution in [0, 0.1) is 5.82 Å². The van der Waals surface area contributed by atoms with Gasteiger partial charge in [0, 0.05) is 6.54 Å². The Balaban J connectivity index is 1.81. The number of ether oxygens (including phenoxy) is 2. The van der Waals surface area contributed by atoms with Crippen LogP contribution in [-0.2, 0) is 9.53 Å². The summed E-state index contributed by atoms with van der Waals surface area (Å²) in [7, 11) is 0. The lowest BCUT2D eigenvalue weighted by Gasteiger charge is -2.26. The Hall–Kier alpha value is -1.62. The van der Waals surface area contributed by atoms with E-state index in [2.05, 4.69) is 0 Å². The number of nitrogens with zero attached hydrogens (tertiary/aromatic N) is 1. The van der Waals surface area contributed by atoms with Gasteiger partial charge >= 0.3 is 0 Å². The number of rotatable bonds is 3. The van der Waals surface area contributed by atoms with E-state index in [4.69, 9.17) is 9.47 Å². The van der Waals surface area contributed by atoms with Gasteiger partial charge in [0.15, 0.2) is 6.61 Å². The molecule has 1 saturated heterocycles. The number of benzene rings is 1. The summed E-state index contributed by atoms with van der Waals surface area (Å²) in [5, 5.41) is 0. The average molecular weight is 239 g/mol. The first kappa shape index (κ1) is 11.9. The normalized spacial score (nSPS) is 15.7. The third-order valence-electron chi connectivity index (χ3n) is 2.49. The highest BCUT2D eigenvalue weighted by atomic mass is 19.1. The van der Waals surface area contributed by atoms with Gasteiger partial charge in [0.25, 0.3) is 5.91 Å². The second kappa shape index (κ2) is 5.63. The zero-order chi connectivity index (χ0) is 12.1. The van der Waals surface area contributed by atoms with Crippen molar-refractivity contribution < 1.29 is 18.7 Å². The minimum absolute atomic E-state index is 0.0466. The van der Waals surface area contributed by atoms with Crippen molar-refractivity contribution in [3.05, 3.63) is 30.1 Å². The van der Waals surface area contributed by atoms with E-state index in [1.807, 2.05) is 0 Å². The SMILES string of the molecule is O=C(COc1ccc(F)cc1)N1CCCOC1. The van der Waals surface area contributed by atoms with Crippen LogP contribution in [0.4, 0.5) is 4.39 Å². The number of hydrogen-bond donors (Lipinski definition) is 0. The third kappa shape index (κ3) is 3.42. The van der Waals surface area contributed by atoms with Crippen LogP contribution in [-0.4, -0.2) is 37.3 Å². The first-order valence-corrected chi connectivity index (χ1v) is 5.49. The lowest BCUT2D eigenvalue weighted by atomic mass is 10.3. The number of amides is 1. The van der Waals surface area contributed by atoms with Crippen molar-refractivity contribution >= 4 is 5.91 Å². The summed E-state index contributed by atoms with van der Waals surface area (Å²) >= 11 is 0. The van der Waals surface area contributed by atoms with Crippen molar-refractivity contribution in [3.8, 4) is 5.75 Å². The fraction of sp³-hybridized carbons (Fsp3) is 0.417. The minimum atomic E-state index is -0.326. The second-order valence-corrected chi connectivity index (χ2v) is 3.79. The molecule has 4 nitrogen and oxygen atoms in total. The Morgan fingerprint density at radius 1 is 1.41 bits per heavy atom. The largest absolute Gasteiger partial charge is 0.484 e. The maximum atomic E-state index is 12.6. The van der Waals surface area contributed by atoms with Crippen LogP contribution in [0.15, 0.2) is 24.3 Å². The number of halogens is 1. The molecule has 1 amide bonds. The van der Waals surface area contributed by atoms with Crippen LogP contribution >= 0.6 is 0 Å². The van der Waals surface area contributed by atoms with Gasteiger partial charge in [0.2, 0.25) is 0 Å². The predicted octanol–water partition coefficient (Wildman–Crippen LogP) is 1.41. The summed E-state index contributed by atoms with van der Waals surface area (Å²) in [5.41, 5.74) is 0. The van der Waals surface area contributed by atoms with Gasteiger partial charge in [0.1, 0.15) is 18.3 Å². The van der Waals surface area contributed by atoms with Gasteiger partial charge in [-0.3, -0.25) is 4.79 Å². The number of hydrogen-bond acceptors (Lipinski definition) is 3. The Morgan fingerprint density at radius 2 is 2.18 bits per heavy atom. The molecule has 92 valence electrons. The first-order valence-electron chi connectivity index (χ1n) is 5.49. The smallest absolute Gasteiger partial charge is 0.262 e. The van der Waals surface area contributed by atoms with Crippen LogP contribution in [0.5, 0.6) is 5.75 Å². The molecule has 1 heterocycles. The van der Waals surface area contributed by atoms with Gasteiger partial charge in [-0.25, -0.2) is 4.39 Å². The molecule has 2 rings (SSSR count). The summed E-state index contributed by atoms with van der Waals surface area (Å²) in [6.07, 6.45) is 0.849. The van der Waals surface area contributed by atoms with E-state index in [9.17, 15) is 9.18 Å². The molecular weight excluding hydrogens is 225 g/mol. The standard InChI is InChI=1S/C12H14FNO3/c13-10-2-4-11(5-3-10)17-8-12(15)14-6-1-7-16-9-14/h2-5H,1,6-9H2. The van der Waals surface area contributed by atoms with Gasteiger partial charge in [-0.15, -0.1) is 0 Å². The van der Waals surface area contributed by atoms with Gasteiger partial charge in [-0.2, -0.15) is 0 Å². The van der Waals surface area contributed by atoms with E-state index in [1.165, 1.54) is 24.3 Å². The summed E-state index contributed by atoms with van der Waals surface area (Å²) < 4.78 is 23.1. The Morgan fingerprint density at radius 3 is 2.82 bits per heavy atom. The molecule has 5 heteroatoms. The summed E-state index contributed by atoms with van der Waals surface area (Å²) in [6.45, 7) is 1.68. The van der Waals surface area contributed by atoms with E-state index in [0.29, 0.717) is 25.6 Å². The maximum absolute atomic E-state index is 12.6. The van der Waals surface area contributed by atoms with E-state index in [0.717, 1.165) is 6.42 Å². The van der Waals surface area contributed by atoms with Gasteiger partial charge in [-0.1, -0.05) is 0 Å². The van der Waals surface area contributed by atoms with E-state index in [-0.39, 0.29) is 18.3 Å². The monoisotopic (exact) mass is 239 g/mol. The molecule has 0 radical (unpaired) electrons. The van der Waals surface area contributed by atoms with Crippen LogP contribution < -0.4 is 4.74 Å². The van der Waals surface area contributed by atoms with Gasteiger partial charge in [0.05, 0.1) is 6.61 Å². The Labute approximate surface area is 98.9 Å². The highest BCUT2D eigenvalue weighted by molar-refractivity contribution is 5.77. The lowest BCUT2D eigenvalue weighted by Crippen LogP contribution is -2.40. The van der Waals surface area contributed by atoms with Crippen molar-refractivity contribution in [3.63, 3.8) is 0 Å². The molecule has 1 fully saturated rings. The molecule has 0 N–H and O–H groups in total. The maximum Gasteiger partial charge on any atom is 0.262 e. The molecule has 0 aromatic heterocycles. The average Bonchev–Trinajstić information content (AvgIpc) is 2.39. The fourth-order valence-electron chi connectivity index (χ4n) is 1.56. The molecule has 0 atom stereocenters. The molecule has 1 aromatic rings. The predicted molar refractivity (Wildman–Crippen MR) is 59.0 cm³/mol. The van der Waals surface area contributed by atoms with Crippen molar-refractivity contribution in [2.45, 2.75) is 6.42 Å². The first-order chi connectivity index (χ1) is 8.25. The number of carbonyl (C=O) groups excluding carboxylic acids is 1. The summed E-state index contributed by atoms with van der Waals surface area (Å²) in [6, 6.07) is 5.58. The van der Waals surface area contributed by atoms with Crippen molar-refractivity contribution in [2.24, 2.45) is 0 Å². The van der Waals surface area contributed by atoms with Crippen molar-refractivity contribution in [1.82, 2.24) is 4.90 Å². The topological polar surface area (TPSA) is 38.8 Å². The van der Waals surface area contributed by atoms with E-state index >= 15 is 0 Å². The highest BCUT2D eigenvalue weighted by Gasteiger charge is 2.17. The molecule has 0 saturated carbocycles. The molecule has 0 bridgehead atoms. The van der Waals surface area contributed by atoms with Crippen LogP contribution in [0.1, 0.15) is 6.42 Å².